The van der Waals surface area contributed by atoms with Crippen molar-refractivity contribution in [2.24, 2.45) is 0 Å². The Morgan fingerprint density at radius 1 is 1.69 bits per heavy atom. The van der Waals surface area contributed by atoms with Crippen molar-refractivity contribution in [1.82, 2.24) is 15.3 Å². The number of rotatable bonds is 6. The molecule has 2 atom stereocenters. The number of nitrogens with zero attached hydrogens (tertiary/aromatic N) is 1. The van der Waals surface area contributed by atoms with Gasteiger partial charge in [0.2, 0.25) is 0 Å². The van der Waals surface area contributed by atoms with Crippen LogP contribution >= 0.6 is 0 Å². The lowest BCUT2D eigenvalue weighted by molar-refractivity contribution is 0.0997. The van der Waals surface area contributed by atoms with Crippen molar-refractivity contribution in [1.29, 1.82) is 0 Å². The molecule has 0 aliphatic carbocycles. The summed E-state index contributed by atoms with van der Waals surface area (Å²) in [5, 5.41) is 3.35. The van der Waals surface area contributed by atoms with Crippen molar-refractivity contribution in [3.8, 4) is 0 Å². The Morgan fingerprint density at radius 2 is 2.62 bits per heavy atom. The van der Waals surface area contributed by atoms with Crippen LogP contribution in [0, 0.1) is 0 Å². The van der Waals surface area contributed by atoms with Gasteiger partial charge >= 0.3 is 0 Å². The summed E-state index contributed by atoms with van der Waals surface area (Å²) in [7, 11) is 2.02. The highest BCUT2D eigenvalue weighted by Gasteiger charge is 2.17. The molecule has 0 aromatic carbocycles. The van der Waals surface area contributed by atoms with Crippen molar-refractivity contribution in [2.45, 2.75) is 44.2 Å². The van der Waals surface area contributed by atoms with Gasteiger partial charge in [-0.15, -0.1) is 0 Å². The van der Waals surface area contributed by atoms with Gasteiger partial charge in [-0.25, -0.2) is 4.98 Å². The normalized spacial score (nSPS) is 22.4. The number of nitrogens with one attached hydrogen (secondary N) is 2. The Labute approximate surface area is 96.8 Å². The van der Waals surface area contributed by atoms with Crippen LogP contribution in [0.2, 0.25) is 0 Å². The monoisotopic (exact) mass is 223 g/mol. The minimum Gasteiger partial charge on any atom is -0.378 e. The SMILES string of the molecule is CNC(CCC1CCCO1)Cc1ncc[nH]1. The molecule has 2 unspecified atom stereocenters. The molecule has 0 amide bonds. The molecule has 90 valence electrons. The molecule has 0 bridgehead atoms. The van der Waals surface area contributed by atoms with Crippen LogP contribution in [-0.4, -0.2) is 35.8 Å². The highest BCUT2D eigenvalue weighted by Crippen LogP contribution is 2.18. The summed E-state index contributed by atoms with van der Waals surface area (Å²) in [6.07, 6.45) is 9.92. The summed E-state index contributed by atoms with van der Waals surface area (Å²) in [4.78, 5) is 7.40. The molecule has 2 N–H and O–H groups in total. The van der Waals surface area contributed by atoms with Crippen LogP contribution in [0.3, 0.4) is 0 Å². The highest BCUT2D eigenvalue weighted by atomic mass is 16.5. The lowest BCUT2D eigenvalue weighted by Crippen LogP contribution is -2.29. The standard InChI is InChI=1S/C12H21N3O/c1-13-10(9-12-14-6-7-15-12)4-5-11-3-2-8-16-11/h6-7,10-11,13H,2-5,8-9H2,1H3,(H,14,15). The molecule has 1 aromatic heterocycles. The fourth-order valence-corrected chi connectivity index (χ4v) is 2.25. The fourth-order valence-electron chi connectivity index (χ4n) is 2.25. The number of aromatic nitrogens is 2. The summed E-state index contributed by atoms with van der Waals surface area (Å²) in [6, 6.07) is 0.496. The smallest absolute Gasteiger partial charge is 0.107 e. The van der Waals surface area contributed by atoms with Gasteiger partial charge in [0.15, 0.2) is 0 Å². The molecule has 1 fully saturated rings. The molecule has 1 aliphatic rings. The van der Waals surface area contributed by atoms with Crippen LogP contribution in [0.4, 0.5) is 0 Å². The van der Waals surface area contributed by atoms with Crippen LogP contribution in [0.5, 0.6) is 0 Å². The van der Waals surface area contributed by atoms with Crippen LogP contribution in [0.25, 0.3) is 0 Å². The van der Waals surface area contributed by atoms with E-state index in [0.717, 1.165) is 31.7 Å². The zero-order valence-electron chi connectivity index (χ0n) is 9.91. The molecule has 2 rings (SSSR count). The van der Waals surface area contributed by atoms with Gasteiger partial charge in [0, 0.05) is 31.5 Å². The Morgan fingerprint density at radius 3 is 3.25 bits per heavy atom. The number of ether oxygens (including phenoxy) is 1. The molecule has 4 nitrogen and oxygen atoms in total. The van der Waals surface area contributed by atoms with E-state index in [0.29, 0.717) is 12.1 Å². The zero-order chi connectivity index (χ0) is 11.2. The molecule has 2 heterocycles. The van der Waals surface area contributed by atoms with E-state index in [-0.39, 0.29) is 0 Å². The maximum absolute atomic E-state index is 5.63. The van der Waals surface area contributed by atoms with Gasteiger partial charge < -0.3 is 15.0 Å². The third kappa shape index (κ3) is 3.32. The number of likely N-dealkylation sites (N-methyl/N-ethyl adjacent to an activating group) is 1. The highest BCUT2D eigenvalue weighted by molar-refractivity contribution is 4.91. The first kappa shape index (κ1) is 11.6. The number of aromatic amines is 1. The van der Waals surface area contributed by atoms with E-state index < -0.39 is 0 Å². The van der Waals surface area contributed by atoms with Crippen LogP contribution in [0.15, 0.2) is 12.4 Å². The number of imidazole rings is 1. The Hall–Kier alpha value is -0.870. The van der Waals surface area contributed by atoms with Crippen molar-refractivity contribution in [3.63, 3.8) is 0 Å². The lowest BCUT2D eigenvalue weighted by Gasteiger charge is -2.17. The third-order valence-electron chi connectivity index (χ3n) is 3.26. The van der Waals surface area contributed by atoms with E-state index in [1.54, 1.807) is 0 Å². The average Bonchev–Trinajstić information content (AvgIpc) is 2.97. The van der Waals surface area contributed by atoms with Gasteiger partial charge in [-0.05, 0) is 32.7 Å². The molecule has 1 aromatic rings. The summed E-state index contributed by atoms with van der Waals surface area (Å²) < 4.78 is 5.63. The summed E-state index contributed by atoms with van der Waals surface area (Å²) in [6.45, 7) is 0.951. The quantitative estimate of drug-likeness (QED) is 0.768. The molecule has 0 saturated carbocycles. The van der Waals surface area contributed by atoms with E-state index in [1.807, 2.05) is 19.4 Å². The van der Waals surface area contributed by atoms with E-state index in [4.69, 9.17) is 4.74 Å². The summed E-state index contributed by atoms with van der Waals surface area (Å²) in [5.74, 6) is 1.06. The van der Waals surface area contributed by atoms with E-state index >= 15 is 0 Å². The second-order valence-electron chi connectivity index (χ2n) is 4.44. The molecule has 0 spiro atoms. The van der Waals surface area contributed by atoms with Crippen LogP contribution in [-0.2, 0) is 11.2 Å². The molecule has 1 saturated heterocycles. The first-order valence-electron chi connectivity index (χ1n) is 6.15. The second-order valence-corrected chi connectivity index (χ2v) is 4.44. The average molecular weight is 223 g/mol. The Bertz CT molecular complexity index is 280. The molecule has 0 radical (unpaired) electrons. The molecule has 4 heteroatoms. The minimum absolute atomic E-state index is 0.493. The molecular formula is C12H21N3O. The first-order valence-corrected chi connectivity index (χ1v) is 6.15. The van der Waals surface area contributed by atoms with Gasteiger partial charge in [-0.3, -0.25) is 0 Å². The largest absolute Gasteiger partial charge is 0.378 e. The third-order valence-corrected chi connectivity index (χ3v) is 3.26. The summed E-state index contributed by atoms with van der Waals surface area (Å²) >= 11 is 0. The van der Waals surface area contributed by atoms with Crippen LogP contribution < -0.4 is 5.32 Å². The van der Waals surface area contributed by atoms with Crippen molar-refractivity contribution in [2.75, 3.05) is 13.7 Å². The second kappa shape index (κ2) is 6.01. The van der Waals surface area contributed by atoms with Gasteiger partial charge in [0.05, 0.1) is 6.10 Å². The van der Waals surface area contributed by atoms with Crippen molar-refractivity contribution >= 4 is 0 Å². The molecular weight excluding hydrogens is 202 g/mol. The van der Waals surface area contributed by atoms with Crippen LogP contribution in [0.1, 0.15) is 31.5 Å². The van der Waals surface area contributed by atoms with Gasteiger partial charge in [0.25, 0.3) is 0 Å². The number of hydrogen-bond donors (Lipinski definition) is 2. The maximum Gasteiger partial charge on any atom is 0.107 e. The van der Waals surface area contributed by atoms with E-state index in [1.165, 1.54) is 12.8 Å². The predicted molar refractivity (Wildman–Crippen MR) is 63.3 cm³/mol. The Kier molecular flexibility index (Phi) is 4.36. The molecule has 1 aliphatic heterocycles. The van der Waals surface area contributed by atoms with Gasteiger partial charge in [-0.2, -0.15) is 0 Å². The van der Waals surface area contributed by atoms with Gasteiger partial charge in [0.1, 0.15) is 5.82 Å². The van der Waals surface area contributed by atoms with Crippen molar-refractivity contribution in [3.05, 3.63) is 18.2 Å². The maximum atomic E-state index is 5.63. The lowest BCUT2D eigenvalue weighted by atomic mass is 10.0. The summed E-state index contributed by atoms with van der Waals surface area (Å²) in [5.41, 5.74) is 0. The minimum atomic E-state index is 0.493. The molecule has 16 heavy (non-hydrogen) atoms. The number of hydrogen-bond acceptors (Lipinski definition) is 3. The van der Waals surface area contributed by atoms with Gasteiger partial charge in [-0.1, -0.05) is 0 Å². The Balaban J connectivity index is 1.72. The first-order chi connectivity index (χ1) is 7.88. The zero-order valence-corrected chi connectivity index (χ0v) is 9.91. The van der Waals surface area contributed by atoms with E-state index in [2.05, 4.69) is 15.3 Å². The van der Waals surface area contributed by atoms with E-state index in [9.17, 15) is 0 Å². The number of H-pyrrole nitrogens is 1. The van der Waals surface area contributed by atoms with Crippen molar-refractivity contribution < 1.29 is 4.74 Å². The predicted octanol–water partition coefficient (Wildman–Crippen LogP) is 1.50. The topological polar surface area (TPSA) is 49.9 Å². The fraction of sp³-hybridized carbons (Fsp3) is 0.750.